The minimum Gasteiger partial charge on any atom is -0.309 e. The van der Waals surface area contributed by atoms with Crippen molar-refractivity contribution in [1.29, 1.82) is 0 Å². The summed E-state index contributed by atoms with van der Waals surface area (Å²) >= 11 is 0. The maximum absolute atomic E-state index is 16.2. The average Bonchev–Trinajstić information content (AvgIpc) is 3.49. The Hall–Kier alpha value is -5.20. The fraction of sp³-hybridized carbons (Fsp3) is 0.0870. The van der Waals surface area contributed by atoms with Crippen LogP contribution in [0.3, 0.4) is 0 Å². The first-order valence-electron chi connectivity index (χ1n) is 17.3. The lowest BCUT2D eigenvalue weighted by molar-refractivity contribution is 0.592. The third kappa shape index (κ3) is 5.62. The van der Waals surface area contributed by atoms with Crippen molar-refractivity contribution in [3.05, 3.63) is 186 Å². The number of nitrogens with zero attached hydrogens (tertiary/aromatic N) is 1. The van der Waals surface area contributed by atoms with E-state index in [1.807, 2.05) is 131 Å². The van der Waals surface area contributed by atoms with Crippen molar-refractivity contribution in [2.24, 2.45) is 0 Å². The summed E-state index contributed by atoms with van der Waals surface area (Å²) in [4.78, 5) is 0. The van der Waals surface area contributed by atoms with Gasteiger partial charge in [0.2, 0.25) is 0 Å². The molecular weight excluding hydrogens is 660 g/mol. The van der Waals surface area contributed by atoms with Crippen LogP contribution in [-0.2, 0) is 9.13 Å². The Morgan fingerprint density at radius 3 is 0.961 bits per heavy atom. The number of rotatable bonds is 7. The number of aromatic nitrogens is 1. The highest BCUT2D eigenvalue weighted by atomic mass is 31.2. The molecule has 8 aromatic rings. The van der Waals surface area contributed by atoms with E-state index in [9.17, 15) is 0 Å². The van der Waals surface area contributed by atoms with Gasteiger partial charge < -0.3 is 13.7 Å². The zero-order chi connectivity index (χ0) is 35.3. The van der Waals surface area contributed by atoms with Crippen molar-refractivity contribution in [3.63, 3.8) is 0 Å². The van der Waals surface area contributed by atoms with Gasteiger partial charge in [0, 0.05) is 48.3 Å². The van der Waals surface area contributed by atoms with Gasteiger partial charge in [0.25, 0.3) is 0 Å². The number of hydrogen-bond donors (Lipinski definition) is 0. The molecule has 3 nitrogen and oxygen atoms in total. The number of para-hydroxylation sites is 2. The second-order valence-corrected chi connectivity index (χ2v) is 19.2. The van der Waals surface area contributed by atoms with Crippen molar-refractivity contribution in [1.82, 2.24) is 4.57 Å². The van der Waals surface area contributed by atoms with E-state index in [2.05, 4.69) is 65.2 Å². The summed E-state index contributed by atoms with van der Waals surface area (Å²) in [5.41, 5.74) is 7.26. The molecule has 0 spiro atoms. The molecule has 0 aliphatic rings. The minimum atomic E-state index is -3.50. The van der Waals surface area contributed by atoms with Crippen LogP contribution in [-0.4, -0.2) is 4.57 Å². The van der Waals surface area contributed by atoms with Crippen LogP contribution >= 0.6 is 14.3 Å². The van der Waals surface area contributed by atoms with Gasteiger partial charge in [0.1, 0.15) is 0 Å². The lowest BCUT2D eigenvalue weighted by atomic mass is 10.2. The first-order chi connectivity index (χ1) is 24.7. The van der Waals surface area contributed by atoms with Gasteiger partial charge in [0.15, 0.2) is 14.3 Å². The molecule has 7 aromatic carbocycles. The van der Waals surface area contributed by atoms with E-state index in [0.29, 0.717) is 10.6 Å². The van der Waals surface area contributed by atoms with Gasteiger partial charge in [-0.2, -0.15) is 0 Å². The number of fused-ring (bicyclic) bond motifs is 3. The highest BCUT2D eigenvalue weighted by Gasteiger charge is 2.36. The van der Waals surface area contributed by atoms with Crippen LogP contribution in [0.1, 0.15) is 22.3 Å². The predicted molar refractivity (Wildman–Crippen MR) is 219 cm³/mol. The fourth-order valence-electron chi connectivity index (χ4n) is 7.19. The van der Waals surface area contributed by atoms with E-state index >= 15 is 9.13 Å². The Kier molecular flexibility index (Phi) is 8.30. The van der Waals surface area contributed by atoms with Gasteiger partial charge >= 0.3 is 0 Å². The van der Waals surface area contributed by atoms with E-state index in [4.69, 9.17) is 0 Å². The summed E-state index contributed by atoms with van der Waals surface area (Å²) in [7, 11) is -6.99. The Morgan fingerprint density at radius 1 is 0.353 bits per heavy atom. The van der Waals surface area contributed by atoms with Gasteiger partial charge in [0.05, 0.1) is 11.0 Å². The highest BCUT2D eigenvalue weighted by Crippen LogP contribution is 2.47. The summed E-state index contributed by atoms with van der Waals surface area (Å²) in [5, 5.41) is 6.49. The van der Waals surface area contributed by atoms with E-state index in [-0.39, 0.29) is 0 Å². The van der Waals surface area contributed by atoms with Crippen LogP contribution in [0.25, 0.3) is 27.5 Å². The monoisotopic (exact) mass is 699 g/mol. The fourth-order valence-corrected chi connectivity index (χ4v) is 12.6. The van der Waals surface area contributed by atoms with E-state index in [1.165, 1.54) is 0 Å². The summed E-state index contributed by atoms with van der Waals surface area (Å²) in [6.45, 7) is 8.17. The van der Waals surface area contributed by atoms with Crippen molar-refractivity contribution in [2.75, 3.05) is 0 Å². The van der Waals surface area contributed by atoms with Crippen LogP contribution in [0.4, 0.5) is 0 Å². The second-order valence-electron chi connectivity index (χ2n) is 13.6. The van der Waals surface area contributed by atoms with Crippen molar-refractivity contribution in [2.45, 2.75) is 27.7 Å². The molecule has 0 bridgehead atoms. The first kappa shape index (κ1) is 33.0. The Bertz CT molecular complexity index is 2370. The first-order valence-corrected chi connectivity index (χ1v) is 20.7. The van der Waals surface area contributed by atoms with Gasteiger partial charge in [-0.25, -0.2) is 0 Å². The third-order valence-corrected chi connectivity index (χ3v) is 16.1. The largest absolute Gasteiger partial charge is 0.309 e. The van der Waals surface area contributed by atoms with E-state index in [1.54, 1.807) is 0 Å². The molecule has 0 atom stereocenters. The van der Waals surface area contributed by atoms with Crippen LogP contribution in [0.5, 0.6) is 0 Å². The molecule has 0 fully saturated rings. The van der Waals surface area contributed by atoms with Gasteiger partial charge in [-0.15, -0.1) is 0 Å². The maximum Gasteiger partial charge on any atom is 0.171 e. The molecule has 5 heteroatoms. The molecule has 0 saturated carbocycles. The predicted octanol–water partition coefficient (Wildman–Crippen LogP) is 9.30. The Labute approximate surface area is 300 Å². The third-order valence-electron chi connectivity index (χ3n) is 10.0. The lowest BCUT2D eigenvalue weighted by Crippen LogP contribution is -2.31. The molecule has 1 aromatic heterocycles. The molecular formula is C46H39NO2P2. The number of aryl methyl sites for hydroxylation is 4. The minimum absolute atomic E-state index is 0.643. The van der Waals surface area contributed by atoms with Gasteiger partial charge in [-0.1, -0.05) is 156 Å². The summed E-state index contributed by atoms with van der Waals surface area (Å²) < 4.78 is 34.7. The molecule has 0 aliphatic carbocycles. The maximum atomic E-state index is 16.2. The van der Waals surface area contributed by atoms with Crippen molar-refractivity contribution < 1.29 is 9.13 Å². The zero-order valence-corrected chi connectivity index (χ0v) is 31.0. The van der Waals surface area contributed by atoms with Crippen LogP contribution in [0.2, 0.25) is 0 Å². The normalized spacial score (nSPS) is 12.1. The zero-order valence-electron chi connectivity index (χ0n) is 29.2. The molecule has 1 heterocycles. The van der Waals surface area contributed by atoms with Crippen LogP contribution in [0.15, 0.2) is 164 Å². The summed E-state index contributed by atoms with van der Waals surface area (Å²) in [5.74, 6) is 0. The Balaban J connectivity index is 1.52. The summed E-state index contributed by atoms with van der Waals surface area (Å²) in [6.07, 6.45) is 0. The molecule has 8 rings (SSSR count). The SMILES string of the molecule is Cc1ccc(P(=O)(c2ccc(C)cc2)c2cc(-n3c4ccccc4c4ccccc43)cc(P(=O)(c3ccc(C)cc3)c3ccc(C)cc3)c2)cc1. The molecule has 51 heavy (non-hydrogen) atoms. The van der Waals surface area contributed by atoms with Crippen molar-refractivity contribution in [3.8, 4) is 5.69 Å². The molecule has 0 radical (unpaired) electrons. The summed E-state index contributed by atoms with van der Waals surface area (Å²) in [6, 6.07) is 55.0. The highest BCUT2D eigenvalue weighted by molar-refractivity contribution is 7.86. The topological polar surface area (TPSA) is 39.1 Å². The van der Waals surface area contributed by atoms with Gasteiger partial charge in [-0.05, 0) is 58.0 Å². The second kappa shape index (κ2) is 12.8. The van der Waals surface area contributed by atoms with Crippen LogP contribution < -0.4 is 31.8 Å². The molecule has 0 saturated heterocycles. The van der Waals surface area contributed by atoms with Gasteiger partial charge in [-0.3, -0.25) is 0 Å². The van der Waals surface area contributed by atoms with E-state index in [0.717, 1.165) is 71.0 Å². The van der Waals surface area contributed by atoms with Crippen LogP contribution in [0, 0.1) is 27.7 Å². The standard InChI is InChI=1S/C46H39NO2P2/c1-32-13-21-37(22-14-32)50(48,38-23-15-33(2)16-24-38)41-29-36(47-45-11-7-5-9-43(45)44-10-6-8-12-46(44)47)30-42(31-41)51(49,39-25-17-34(3)18-26-39)40-27-19-35(4)20-28-40/h5-31H,1-4H3. The smallest absolute Gasteiger partial charge is 0.171 e. The molecule has 0 amide bonds. The molecule has 0 N–H and O–H groups in total. The van der Waals surface area contributed by atoms with Crippen molar-refractivity contribution >= 4 is 67.9 Å². The lowest BCUT2D eigenvalue weighted by Gasteiger charge is -2.26. The molecule has 250 valence electrons. The number of hydrogen-bond acceptors (Lipinski definition) is 2. The number of benzene rings is 7. The molecule has 0 unspecified atom stereocenters. The molecule has 0 aliphatic heterocycles. The quantitative estimate of drug-likeness (QED) is 0.156. The van der Waals surface area contributed by atoms with E-state index < -0.39 is 14.3 Å². The average molecular weight is 700 g/mol. The Morgan fingerprint density at radius 2 is 0.647 bits per heavy atom.